The molecule has 0 bridgehead atoms. The molecule has 0 spiro atoms. The quantitative estimate of drug-likeness (QED) is 0.824. The fourth-order valence-corrected chi connectivity index (χ4v) is 4.09. The largest absolute Gasteiger partial charge is 0.459 e. The highest BCUT2D eigenvalue weighted by molar-refractivity contribution is 5.91. The first-order valence-electron chi connectivity index (χ1n) is 9.18. The van der Waals surface area contributed by atoms with Crippen molar-refractivity contribution in [2.24, 2.45) is 5.41 Å². The number of aromatic nitrogens is 1. The second-order valence-corrected chi connectivity index (χ2v) is 7.17. The molecule has 2 fully saturated rings. The number of hydrogen-bond donors (Lipinski definition) is 0. The van der Waals surface area contributed by atoms with Crippen molar-refractivity contribution >= 4 is 5.91 Å². The number of likely N-dealkylation sites (tertiary alicyclic amines) is 1. The van der Waals surface area contributed by atoms with Crippen LogP contribution in [0.2, 0.25) is 0 Å². The molecule has 2 aliphatic heterocycles. The number of pyridine rings is 1. The van der Waals surface area contributed by atoms with Crippen LogP contribution < -0.4 is 0 Å². The molecule has 0 N–H and O–H groups in total. The minimum Gasteiger partial charge on any atom is -0.459 e. The zero-order valence-corrected chi connectivity index (χ0v) is 14.8. The number of hydrogen-bond acceptors (Lipinski definition) is 5. The Kier molecular flexibility index (Phi) is 5.04. The Bertz CT molecular complexity index is 719. The van der Waals surface area contributed by atoms with Crippen molar-refractivity contribution < 1.29 is 18.7 Å². The summed E-state index contributed by atoms with van der Waals surface area (Å²) in [5.74, 6) is 0.345. The predicted molar refractivity (Wildman–Crippen MR) is 94.5 cm³/mol. The van der Waals surface area contributed by atoms with Crippen LogP contribution >= 0.6 is 0 Å². The lowest BCUT2D eigenvalue weighted by molar-refractivity contribution is -0.149. The molecule has 6 nitrogen and oxygen atoms in total. The minimum atomic E-state index is -0.152. The molecule has 2 saturated heterocycles. The number of nitrogens with zero attached hydrogens (tertiary/aromatic N) is 2. The Balaban J connectivity index is 1.45. The molecule has 138 valence electrons. The van der Waals surface area contributed by atoms with Gasteiger partial charge < -0.3 is 18.8 Å². The molecular formula is C20H24N2O4. The Morgan fingerprint density at radius 1 is 1.38 bits per heavy atom. The molecule has 2 atom stereocenters. The van der Waals surface area contributed by atoms with Crippen molar-refractivity contribution in [3.8, 4) is 0 Å². The van der Waals surface area contributed by atoms with Gasteiger partial charge in [0, 0.05) is 37.5 Å². The van der Waals surface area contributed by atoms with Crippen LogP contribution in [0, 0.1) is 5.41 Å². The third-order valence-electron chi connectivity index (χ3n) is 5.39. The Labute approximate surface area is 153 Å². The summed E-state index contributed by atoms with van der Waals surface area (Å²) in [5, 5.41) is 0. The van der Waals surface area contributed by atoms with Crippen molar-refractivity contribution in [2.75, 3.05) is 26.3 Å². The minimum absolute atomic E-state index is 0.0503. The van der Waals surface area contributed by atoms with E-state index in [9.17, 15) is 4.79 Å². The highest BCUT2D eigenvalue weighted by Gasteiger charge is 2.47. The number of amides is 1. The number of fused-ring (bicyclic) bond motifs is 1. The molecule has 0 aromatic carbocycles. The van der Waals surface area contributed by atoms with Gasteiger partial charge in [-0.15, -0.1) is 0 Å². The average molecular weight is 356 g/mol. The fraction of sp³-hybridized carbons (Fsp3) is 0.500. The number of piperidine rings is 1. The molecule has 26 heavy (non-hydrogen) atoms. The number of carbonyl (C=O) groups excluding carboxylic acids is 1. The van der Waals surface area contributed by atoms with Crippen molar-refractivity contribution in [3.63, 3.8) is 0 Å². The van der Waals surface area contributed by atoms with Gasteiger partial charge >= 0.3 is 0 Å². The van der Waals surface area contributed by atoms with Crippen molar-refractivity contribution in [2.45, 2.75) is 32.0 Å². The van der Waals surface area contributed by atoms with E-state index in [1.807, 2.05) is 23.2 Å². The maximum atomic E-state index is 12.7. The Hall–Kier alpha value is -2.18. The number of rotatable bonds is 5. The molecule has 2 aliphatic rings. The molecule has 1 amide bonds. The summed E-state index contributed by atoms with van der Waals surface area (Å²) in [6.07, 6.45) is 8.10. The predicted octanol–water partition coefficient (Wildman–Crippen LogP) is 2.90. The molecule has 0 unspecified atom stereocenters. The van der Waals surface area contributed by atoms with Gasteiger partial charge in [-0.2, -0.15) is 0 Å². The Morgan fingerprint density at radius 3 is 3.15 bits per heavy atom. The standard InChI is InChI=1S/C20H24N2O4/c23-19(17-5-2-10-25-17)22-9-6-18-20(14-22,7-3-11-26-18)15-24-13-16-4-1-8-21-12-16/h1-2,4-5,8,10,12,18H,3,6-7,9,11,13-15H2/t18-,20+/m0/s1. The smallest absolute Gasteiger partial charge is 0.289 e. The molecule has 4 heterocycles. The van der Waals surface area contributed by atoms with E-state index in [0.717, 1.165) is 31.4 Å². The number of carbonyl (C=O) groups is 1. The third-order valence-corrected chi connectivity index (χ3v) is 5.39. The molecule has 2 aromatic heterocycles. The van der Waals surface area contributed by atoms with Gasteiger partial charge in [-0.25, -0.2) is 0 Å². The van der Waals surface area contributed by atoms with Crippen LogP contribution in [0.25, 0.3) is 0 Å². The van der Waals surface area contributed by atoms with Crippen molar-refractivity contribution in [1.29, 1.82) is 0 Å². The van der Waals surface area contributed by atoms with Gasteiger partial charge in [0.05, 0.1) is 25.6 Å². The summed E-state index contributed by atoms with van der Waals surface area (Å²) in [6.45, 7) is 3.23. The number of ether oxygens (including phenoxy) is 2. The van der Waals surface area contributed by atoms with E-state index in [2.05, 4.69) is 4.98 Å². The summed E-state index contributed by atoms with van der Waals surface area (Å²) in [6, 6.07) is 7.38. The van der Waals surface area contributed by atoms with E-state index in [4.69, 9.17) is 13.9 Å². The lowest BCUT2D eigenvalue weighted by Crippen LogP contribution is -2.58. The molecule has 0 aliphatic carbocycles. The van der Waals surface area contributed by atoms with Crippen LogP contribution in [0.4, 0.5) is 0 Å². The molecule has 0 radical (unpaired) electrons. The lowest BCUT2D eigenvalue weighted by atomic mass is 9.73. The van der Waals surface area contributed by atoms with Gasteiger partial charge in [-0.3, -0.25) is 9.78 Å². The summed E-state index contributed by atoms with van der Waals surface area (Å²) < 4.78 is 17.4. The van der Waals surface area contributed by atoms with Gasteiger partial charge in [-0.05, 0) is 43.0 Å². The van der Waals surface area contributed by atoms with Gasteiger partial charge in [0.15, 0.2) is 5.76 Å². The van der Waals surface area contributed by atoms with Crippen LogP contribution in [0.3, 0.4) is 0 Å². The summed E-state index contributed by atoms with van der Waals surface area (Å²) in [5.41, 5.74) is 0.900. The monoisotopic (exact) mass is 356 g/mol. The maximum absolute atomic E-state index is 12.7. The first-order valence-corrected chi connectivity index (χ1v) is 9.18. The second-order valence-electron chi connectivity index (χ2n) is 7.17. The first kappa shape index (κ1) is 17.2. The van der Waals surface area contributed by atoms with E-state index in [1.54, 1.807) is 18.3 Å². The van der Waals surface area contributed by atoms with Gasteiger partial charge in [0.25, 0.3) is 5.91 Å². The van der Waals surface area contributed by atoms with Crippen LogP contribution in [0.15, 0.2) is 47.3 Å². The van der Waals surface area contributed by atoms with Gasteiger partial charge in [-0.1, -0.05) is 6.07 Å². The van der Waals surface area contributed by atoms with Crippen LogP contribution in [0.5, 0.6) is 0 Å². The highest BCUT2D eigenvalue weighted by atomic mass is 16.5. The van der Waals surface area contributed by atoms with E-state index >= 15 is 0 Å². The molecule has 4 rings (SSSR count). The zero-order valence-electron chi connectivity index (χ0n) is 14.8. The second kappa shape index (κ2) is 7.60. The van der Waals surface area contributed by atoms with Crippen molar-refractivity contribution in [3.05, 3.63) is 54.2 Å². The van der Waals surface area contributed by atoms with Gasteiger partial charge in [0.2, 0.25) is 0 Å². The average Bonchev–Trinajstić information content (AvgIpc) is 3.22. The van der Waals surface area contributed by atoms with E-state index in [1.165, 1.54) is 6.26 Å². The zero-order chi connectivity index (χ0) is 17.8. The molecular weight excluding hydrogens is 332 g/mol. The molecule has 0 saturated carbocycles. The third kappa shape index (κ3) is 3.52. The normalized spacial score (nSPS) is 25.7. The van der Waals surface area contributed by atoms with Crippen LogP contribution in [-0.4, -0.2) is 48.2 Å². The van der Waals surface area contributed by atoms with Crippen molar-refractivity contribution in [1.82, 2.24) is 9.88 Å². The van der Waals surface area contributed by atoms with E-state index < -0.39 is 0 Å². The van der Waals surface area contributed by atoms with E-state index in [0.29, 0.717) is 32.1 Å². The summed E-state index contributed by atoms with van der Waals surface area (Å²) in [7, 11) is 0. The SMILES string of the molecule is O=C(c1ccco1)N1CC[C@@H]2OCCC[C@]2(COCc2cccnc2)C1. The Morgan fingerprint density at radius 2 is 2.35 bits per heavy atom. The van der Waals surface area contributed by atoms with Crippen LogP contribution in [-0.2, 0) is 16.1 Å². The maximum Gasteiger partial charge on any atom is 0.289 e. The molecule has 2 aromatic rings. The highest BCUT2D eigenvalue weighted by Crippen LogP contribution is 2.41. The molecule has 6 heteroatoms. The summed E-state index contributed by atoms with van der Waals surface area (Å²) >= 11 is 0. The van der Waals surface area contributed by atoms with Gasteiger partial charge in [0.1, 0.15) is 0 Å². The first-order chi connectivity index (χ1) is 12.8. The topological polar surface area (TPSA) is 64.8 Å². The van der Waals surface area contributed by atoms with Crippen LogP contribution in [0.1, 0.15) is 35.4 Å². The number of furan rings is 1. The summed E-state index contributed by atoms with van der Waals surface area (Å²) in [4.78, 5) is 18.7. The fourth-order valence-electron chi connectivity index (χ4n) is 4.09. The lowest BCUT2D eigenvalue weighted by Gasteiger charge is -2.50. The van der Waals surface area contributed by atoms with E-state index in [-0.39, 0.29) is 17.4 Å².